The van der Waals surface area contributed by atoms with Crippen LogP contribution in [0, 0.1) is 5.41 Å². The summed E-state index contributed by atoms with van der Waals surface area (Å²) < 4.78 is 34.0. The van der Waals surface area contributed by atoms with Crippen molar-refractivity contribution < 1.29 is 17.1 Å². The van der Waals surface area contributed by atoms with Crippen molar-refractivity contribution in [1.82, 2.24) is 4.90 Å². The van der Waals surface area contributed by atoms with E-state index in [0.717, 1.165) is 0 Å². The molecule has 1 amide bonds. The molecule has 1 fully saturated rings. The van der Waals surface area contributed by atoms with Gasteiger partial charge in [0.1, 0.15) is 5.25 Å². The van der Waals surface area contributed by atoms with E-state index in [2.05, 4.69) is 0 Å². The molecule has 1 unspecified atom stereocenters. The molecule has 0 aromatic heterocycles. The van der Waals surface area contributed by atoms with E-state index < -0.39 is 15.5 Å². The van der Waals surface area contributed by atoms with Crippen LogP contribution < -0.4 is 0 Å². The van der Waals surface area contributed by atoms with E-state index >= 15 is 0 Å². The van der Waals surface area contributed by atoms with Gasteiger partial charge in [0, 0.05) is 19.5 Å². The molecule has 88 valence electrons. The minimum atomic E-state index is -4.59. The largest absolute Gasteiger partial charge is 0.341 e. The molecule has 6 heteroatoms. The fourth-order valence-electron chi connectivity index (χ4n) is 1.65. The number of hydrogen-bond acceptors (Lipinski definition) is 3. The molecule has 0 aromatic rings. The van der Waals surface area contributed by atoms with Gasteiger partial charge in [0.2, 0.25) is 5.91 Å². The van der Waals surface area contributed by atoms with Gasteiger partial charge < -0.3 is 4.90 Å². The SMILES string of the molecule is CC(C)(C)CN1CC(S(=O)(=O)F)CC1=O. The van der Waals surface area contributed by atoms with Gasteiger partial charge in [0.05, 0.1) is 0 Å². The minimum absolute atomic E-state index is 0.0189. The van der Waals surface area contributed by atoms with Gasteiger partial charge in [-0.2, -0.15) is 8.42 Å². The topological polar surface area (TPSA) is 54.5 Å². The molecule has 0 N–H and O–H groups in total. The maximum Gasteiger partial charge on any atom is 0.307 e. The third-order valence-electron chi connectivity index (χ3n) is 2.24. The Morgan fingerprint density at radius 1 is 1.47 bits per heavy atom. The molecule has 0 spiro atoms. The van der Waals surface area contributed by atoms with Gasteiger partial charge in [-0.3, -0.25) is 4.79 Å². The molecule has 0 saturated carbocycles. The van der Waals surface area contributed by atoms with Crippen LogP contribution in [0.1, 0.15) is 27.2 Å². The quantitative estimate of drug-likeness (QED) is 0.671. The lowest BCUT2D eigenvalue weighted by atomic mass is 9.96. The molecule has 1 atom stereocenters. The standard InChI is InChI=1S/C9H16FNO3S/c1-9(2,3)6-11-5-7(4-8(11)12)15(10,13)14/h7H,4-6H2,1-3H3. The molecule has 0 radical (unpaired) electrons. The van der Waals surface area contributed by atoms with Crippen LogP contribution in [0.15, 0.2) is 0 Å². The van der Waals surface area contributed by atoms with Crippen LogP contribution in [0.3, 0.4) is 0 Å². The first-order valence-electron chi connectivity index (χ1n) is 4.81. The molecule has 0 aliphatic carbocycles. The Kier molecular flexibility index (Phi) is 3.09. The highest BCUT2D eigenvalue weighted by Crippen LogP contribution is 2.24. The first-order chi connectivity index (χ1) is 6.59. The number of halogens is 1. The number of nitrogens with zero attached hydrogens (tertiary/aromatic N) is 1. The van der Waals surface area contributed by atoms with Gasteiger partial charge in [0.15, 0.2) is 0 Å². The summed E-state index contributed by atoms with van der Waals surface area (Å²) in [5.74, 6) is -0.281. The lowest BCUT2D eigenvalue weighted by molar-refractivity contribution is -0.128. The number of hydrogen-bond donors (Lipinski definition) is 0. The van der Waals surface area contributed by atoms with Crippen LogP contribution in [0.5, 0.6) is 0 Å². The molecule has 1 saturated heterocycles. The average Bonchev–Trinajstić information content (AvgIpc) is 2.27. The fraction of sp³-hybridized carbons (Fsp3) is 0.889. The smallest absolute Gasteiger partial charge is 0.307 e. The normalized spacial score (nSPS) is 23.6. The summed E-state index contributed by atoms with van der Waals surface area (Å²) in [6.45, 7) is 6.26. The zero-order chi connectivity index (χ0) is 11.9. The van der Waals surface area contributed by atoms with Crippen molar-refractivity contribution in [2.75, 3.05) is 13.1 Å². The van der Waals surface area contributed by atoms with Gasteiger partial charge in [-0.05, 0) is 5.41 Å². The highest BCUT2D eigenvalue weighted by atomic mass is 32.3. The van der Waals surface area contributed by atoms with Gasteiger partial charge >= 0.3 is 10.2 Å². The van der Waals surface area contributed by atoms with Crippen LogP contribution in [0.4, 0.5) is 3.89 Å². The Hall–Kier alpha value is -0.650. The molecule has 1 aliphatic rings. The summed E-state index contributed by atoms with van der Waals surface area (Å²) in [7, 11) is -4.59. The maximum absolute atomic E-state index is 12.7. The van der Waals surface area contributed by atoms with E-state index in [4.69, 9.17) is 0 Å². The summed E-state index contributed by atoms with van der Waals surface area (Å²) in [6, 6.07) is 0. The van der Waals surface area contributed by atoms with Gasteiger partial charge in [-0.25, -0.2) is 0 Å². The Morgan fingerprint density at radius 3 is 2.33 bits per heavy atom. The van der Waals surface area contributed by atoms with E-state index in [1.807, 2.05) is 20.8 Å². The van der Waals surface area contributed by atoms with Crippen molar-refractivity contribution in [2.45, 2.75) is 32.4 Å². The van der Waals surface area contributed by atoms with Crippen molar-refractivity contribution in [3.8, 4) is 0 Å². The summed E-state index contributed by atoms with van der Waals surface area (Å²) in [6.07, 6.45) is -0.227. The van der Waals surface area contributed by atoms with E-state index in [0.29, 0.717) is 6.54 Å². The predicted octanol–water partition coefficient (Wildman–Crippen LogP) is 0.933. The lowest BCUT2D eigenvalue weighted by Crippen LogP contribution is -2.34. The van der Waals surface area contributed by atoms with Crippen molar-refractivity contribution in [3.05, 3.63) is 0 Å². The van der Waals surface area contributed by atoms with Crippen LogP contribution >= 0.6 is 0 Å². The molecule has 1 rings (SSSR count). The Labute approximate surface area is 89.7 Å². The molecule has 0 aromatic carbocycles. The van der Waals surface area contributed by atoms with E-state index in [9.17, 15) is 17.1 Å². The summed E-state index contributed by atoms with van der Waals surface area (Å²) >= 11 is 0. The first kappa shape index (κ1) is 12.4. The highest BCUT2D eigenvalue weighted by Gasteiger charge is 2.39. The summed E-state index contributed by atoms with van der Waals surface area (Å²) in [5.41, 5.74) is -0.107. The second-order valence-corrected chi connectivity index (χ2v) is 6.75. The van der Waals surface area contributed by atoms with Gasteiger partial charge in [-0.1, -0.05) is 20.8 Å². The monoisotopic (exact) mass is 237 g/mol. The molecule has 4 nitrogen and oxygen atoms in total. The highest BCUT2D eigenvalue weighted by molar-refractivity contribution is 7.87. The second-order valence-electron chi connectivity index (χ2n) is 5.14. The third kappa shape index (κ3) is 3.44. The van der Waals surface area contributed by atoms with Crippen molar-refractivity contribution in [2.24, 2.45) is 5.41 Å². The summed E-state index contributed by atoms with van der Waals surface area (Å²) in [4.78, 5) is 12.8. The van der Waals surface area contributed by atoms with Crippen LogP contribution in [0.2, 0.25) is 0 Å². The van der Waals surface area contributed by atoms with Crippen LogP contribution in [-0.4, -0.2) is 37.6 Å². The van der Waals surface area contributed by atoms with E-state index in [1.54, 1.807) is 0 Å². The number of likely N-dealkylation sites (tertiary alicyclic amines) is 1. The molecular weight excluding hydrogens is 221 g/mol. The first-order valence-corrected chi connectivity index (χ1v) is 6.25. The zero-order valence-electron chi connectivity index (χ0n) is 9.16. The van der Waals surface area contributed by atoms with E-state index in [-0.39, 0.29) is 24.3 Å². The number of carbonyl (C=O) groups is 1. The summed E-state index contributed by atoms with van der Waals surface area (Å²) in [5, 5.41) is -1.17. The van der Waals surface area contributed by atoms with Gasteiger partial charge in [0.25, 0.3) is 0 Å². The zero-order valence-corrected chi connectivity index (χ0v) is 9.97. The minimum Gasteiger partial charge on any atom is -0.341 e. The Balaban J connectivity index is 2.70. The Morgan fingerprint density at radius 2 is 2.00 bits per heavy atom. The molecule has 0 bridgehead atoms. The third-order valence-corrected chi connectivity index (χ3v) is 3.35. The maximum atomic E-state index is 12.7. The lowest BCUT2D eigenvalue weighted by Gasteiger charge is -2.26. The van der Waals surface area contributed by atoms with Crippen molar-refractivity contribution in [3.63, 3.8) is 0 Å². The molecule has 15 heavy (non-hydrogen) atoms. The fourth-order valence-corrected chi connectivity index (χ4v) is 2.35. The van der Waals surface area contributed by atoms with Crippen LogP contribution in [-0.2, 0) is 15.0 Å². The molecular formula is C9H16FNO3S. The van der Waals surface area contributed by atoms with Crippen molar-refractivity contribution in [1.29, 1.82) is 0 Å². The average molecular weight is 237 g/mol. The van der Waals surface area contributed by atoms with Crippen molar-refractivity contribution >= 4 is 16.1 Å². The number of amides is 1. The van der Waals surface area contributed by atoms with E-state index in [1.165, 1.54) is 4.90 Å². The predicted molar refractivity (Wildman–Crippen MR) is 54.5 cm³/mol. The second kappa shape index (κ2) is 3.73. The molecule has 1 heterocycles. The number of carbonyl (C=O) groups excluding carboxylic acids is 1. The molecule has 1 aliphatic heterocycles. The van der Waals surface area contributed by atoms with Crippen LogP contribution in [0.25, 0.3) is 0 Å². The Bertz CT molecular complexity index is 358. The van der Waals surface area contributed by atoms with Gasteiger partial charge in [-0.15, -0.1) is 3.89 Å². The number of rotatable bonds is 2.